The maximum Gasteiger partial charge on any atom is 0.234 e. The molecule has 0 aliphatic heterocycles. The van der Waals surface area contributed by atoms with Crippen LogP contribution in [0.2, 0.25) is 0 Å². The number of halogens is 1. The van der Waals surface area contributed by atoms with Crippen LogP contribution in [0.5, 0.6) is 11.5 Å². The molecule has 0 aliphatic carbocycles. The van der Waals surface area contributed by atoms with Gasteiger partial charge in [-0.1, -0.05) is 23.9 Å². The van der Waals surface area contributed by atoms with Gasteiger partial charge in [-0.3, -0.25) is 4.79 Å². The van der Waals surface area contributed by atoms with Crippen LogP contribution in [-0.4, -0.2) is 40.6 Å². The molecule has 1 N–H and O–H groups in total. The van der Waals surface area contributed by atoms with Crippen molar-refractivity contribution in [1.82, 2.24) is 14.8 Å². The van der Waals surface area contributed by atoms with Gasteiger partial charge in [-0.15, -0.1) is 10.2 Å². The molecular weight excluding hydrogens is 456 g/mol. The number of carbonyl (C=O) groups excluding carboxylic acids is 1. The summed E-state index contributed by atoms with van der Waals surface area (Å²) in [5, 5.41) is 12.2. The third-order valence-corrected chi connectivity index (χ3v) is 5.78. The van der Waals surface area contributed by atoms with Crippen LogP contribution in [0.25, 0.3) is 11.4 Å². The van der Waals surface area contributed by atoms with E-state index in [-0.39, 0.29) is 11.7 Å². The monoisotopic (exact) mass is 476 g/mol. The number of hydrogen-bond acceptors (Lipinski definition) is 6. The largest absolute Gasteiger partial charge is 0.497 e. The lowest BCUT2D eigenvalue weighted by atomic mass is 10.2. The second-order valence-corrected chi connectivity index (χ2v) is 7.77. The van der Waals surface area contributed by atoms with E-state index < -0.39 is 0 Å². The molecule has 0 spiro atoms. The van der Waals surface area contributed by atoms with Crippen molar-refractivity contribution in [3.63, 3.8) is 0 Å². The Labute approximate surface area is 181 Å². The van der Waals surface area contributed by atoms with E-state index >= 15 is 0 Å². The maximum absolute atomic E-state index is 12.3. The van der Waals surface area contributed by atoms with E-state index in [4.69, 9.17) is 9.47 Å². The van der Waals surface area contributed by atoms with Gasteiger partial charge in [0, 0.05) is 22.6 Å². The Bertz CT molecular complexity index is 987. The fourth-order valence-corrected chi connectivity index (χ4v) is 3.90. The highest BCUT2D eigenvalue weighted by Crippen LogP contribution is 2.31. The first-order valence-electron chi connectivity index (χ1n) is 8.89. The fourth-order valence-electron chi connectivity index (χ4n) is 2.71. The van der Waals surface area contributed by atoms with E-state index in [1.54, 1.807) is 20.3 Å². The van der Waals surface area contributed by atoms with Crippen molar-refractivity contribution in [2.24, 2.45) is 0 Å². The Morgan fingerprint density at radius 2 is 1.83 bits per heavy atom. The molecule has 1 amide bonds. The molecule has 0 unspecified atom stereocenters. The third-order valence-electron chi connectivity index (χ3n) is 4.12. The molecule has 1 heterocycles. The Hall–Kier alpha value is -2.52. The molecule has 1 aromatic heterocycles. The molecular formula is C20H21BrN4O3S. The van der Waals surface area contributed by atoms with Crippen molar-refractivity contribution < 1.29 is 14.3 Å². The molecule has 0 saturated carbocycles. The first-order chi connectivity index (χ1) is 14.0. The quantitative estimate of drug-likeness (QED) is 0.483. The molecule has 7 nitrogen and oxygen atoms in total. The van der Waals surface area contributed by atoms with Crippen molar-refractivity contribution in [2.75, 3.05) is 25.3 Å². The fraction of sp³-hybridized carbons (Fsp3) is 0.250. The molecule has 9 heteroatoms. The topological polar surface area (TPSA) is 78.3 Å². The van der Waals surface area contributed by atoms with Crippen LogP contribution in [0, 0.1) is 0 Å². The van der Waals surface area contributed by atoms with Gasteiger partial charge < -0.3 is 19.4 Å². The minimum absolute atomic E-state index is 0.114. The first kappa shape index (κ1) is 21.2. The van der Waals surface area contributed by atoms with E-state index in [1.165, 1.54) is 11.8 Å². The summed E-state index contributed by atoms with van der Waals surface area (Å²) in [5.74, 6) is 2.15. The van der Waals surface area contributed by atoms with E-state index in [0.717, 1.165) is 15.7 Å². The van der Waals surface area contributed by atoms with Gasteiger partial charge >= 0.3 is 0 Å². The van der Waals surface area contributed by atoms with Crippen LogP contribution < -0.4 is 14.8 Å². The molecule has 152 valence electrons. The Morgan fingerprint density at radius 1 is 1.14 bits per heavy atom. The third kappa shape index (κ3) is 5.10. The van der Waals surface area contributed by atoms with Crippen LogP contribution >= 0.6 is 27.7 Å². The second-order valence-electron chi connectivity index (χ2n) is 5.97. The summed E-state index contributed by atoms with van der Waals surface area (Å²) in [5.41, 5.74) is 1.57. The highest BCUT2D eigenvalue weighted by Gasteiger charge is 2.16. The number of aromatic nitrogens is 3. The molecule has 2 aromatic carbocycles. The summed E-state index contributed by atoms with van der Waals surface area (Å²) in [6, 6.07) is 13.1. The molecule has 0 fully saturated rings. The molecule has 0 saturated heterocycles. The molecule has 3 aromatic rings. The van der Waals surface area contributed by atoms with Gasteiger partial charge in [0.05, 0.1) is 25.7 Å². The SMILES string of the molecule is CCn1c(SCC(=O)Nc2ccccc2Br)nnc1-c1cc(OC)cc(OC)c1. The summed E-state index contributed by atoms with van der Waals surface area (Å²) in [6.07, 6.45) is 0. The van der Waals surface area contributed by atoms with E-state index in [0.29, 0.717) is 29.0 Å². The lowest BCUT2D eigenvalue weighted by molar-refractivity contribution is -0.113. The smallest absolute Gasteiger partial charge is 0.234 e. The maximum atomic E-state index is 12.3. The average molecular weight is 477 g/mol. The summed E-state index contributed by atoms with van der Waals surface area (Å²) in [6.45, 7) is 2.67. The van der Waals surface area contributed by atoms with Gasteiger partial charge in [0.2, 0.25) is 5.91 Å². The summed E-state index contributed by atoms with van der Waals surface area (Å²) < 4.78 is 13.5. The highest BCUT2D eigenvalue weighted by molar-refractivity contribution is 9.10. The number of carbonyl (C=O) groups is 1. The van der Waals surface area contributed by atoms with Gasteiger partial charge in [0.15, 0.2) is 11.0 Å². The van der Waals surface area contributed by atoms with Gasteiger partial charge in [0.1, 0.15) is 11.5 Å². The predicted molar refractivity (Wildman–Crippen MR) is 118 cm³/mol. The molecule has 0 atom stereocenters. The Kier molecular flexibility index (Phi) is 7.16. The molecule has 0 bridgehead atoms. The van der Waals surface area contributed by atoms with Crippen molar-refractivity contribution in [3.05, 3.63) is 46.9 Å². The van der Waals surface area contributed by atoms with Crippen molar-refractivity contribution in [1.29, 1.82) is 0 Å². The van der Waals surface area contributed by atoms with Gasteiger partial charge in [-0.05, 0) is 47.1 Å². The van der Waals surface area contributed by atoms with Crippen LogP contribution in [0.15, 0.2) is 52.1 Å². The number of hydrogen-bond donors (Lipinski definition) is 1. The summed E-state index contributed by atoms with van der Waals surface area (Å²) in [4.78, 5) is 12.3. The lowest BCUT2D eigenvalue weighted by Gasteiger charge is -2.10. The predicted octanol–water partition coefficient (Wildman–Crippen LogP) is 4.48. The minimum Gasteiger partial charge on any atom is -0.497 e. The van der Waals surface area contributed by atoms with Crippen molar-refractivity contribution in [3.8, 4) is 22.9 Å². The van der Waals surface area contributed by atoms with E-state index in [9.17, 15) is 4.79 Å². The number of para-hydroxylation sites is 1. The molecule has 29 heavy (non-hydrogen) atoms. The van der Waals surface area contributed by atoms with Crippen LogP contribution in [0.4, 0.5) is 5.69 Å². The number of anilines is 1. The zero-order valence-electron chi connectivity index (χ0n) is 16.3. The number of nitrogens with one attached hydrogen (secondary N) is 1. The zero-order valence-corrected chi connectivity index (χ0v) is 18.7. The second kappa shape index (κ2) is 9.80. The normalized spacial score (nSPS) is 10.6. The number of ether oxygens (including phenoxy) is 2. The van der Waals surface area contributed by atoms with Gasteiger partial charge in [-0.25, -0.2) is 0 Å². The highest BCUT2D eigenvalue weighted by atomic mass is 79.9. The lowest BCUT2D eigenvalue weighted by Crippen LogP contribution is -2.15. The summed E-state index contributed by atoms with van der Waals surface area (Å²) in [7, 11) is 3.21. The number of thioether (sulfide) groups is 1. The van der Waals surface area contributed by atoms with Crippen molar-refractivity contribution in [2.45, 2.75) is 18.6 Å². The standard InChI is InChI=1S/C20H21BrN4O3S/c1-4-25-19(13-9-14(27-2)11-15(10-13)28-3)23-24-20(25)29-12-18(26)22-17-8-6-5-7-16(17)21/h5-11H,4,12H2,1-3H3,(H,22,26). The van der Waals surface area contributed by atoms with Crippen LogP contribution in [-0.2, 0) is 11.3 Å². The summed E-state index contributed by atoms with van der Waals surface area (Å²) >= 11 is 4.77. The minimum atomic E-state index is -0.114. The number of methoxy groups -OCH3 is 2. The number of rotatable bonds is 8. The van der Waals surface area contributed by atoms with Gasteiger partial charge in [-0.2, -0.15) is 0 Å². The number of amides is 1. The molecule has 0 aliphatic rings. The van der Waals surface area contributed by atoms with Crippen LogP contribution in [0.1, 0.15) is 6.92 Å². The zero-order chi connectivity index (χ0) is 20.8. The van der Waals surface area contributed by atoms with E-state index in [2.05, 4.69) is 31.4 Å². The van der Waals surface area contributed by atoms with Gasteiger partial charge in [0.25, 0.3) is 0 Å². The van der Waals surface area contributed by atoms with Crippen molar-refractivity contribution >= 4 is 39.3 Å². The molecule has 3 rings (SSSR count). The number of nitrogens with zero attached hydrogens (tertiary/aromatic N) is 3. The Morgan fingerprint density at radius 3 is 2.45 bits per heavy atom. The van der Waals surface area contributed by atoms with E-state index in [1.807, 2.05) is 47.9 Å². The van der Waals surface area contributed by atoms with Crippen LogP contribution in [0.3, 0.4) is 0 Å². The Balaban J connectivity index is 1.76. The number of benzene rings is 2. The average Bonchev–Trinajstić information content (AvgIpc) is 3.16. The molecule has 0 radical (unpaired) electrons. The first-order valence-corrected chi connectivity index (χ1v) is 10.7.